The fourth-order valence-corrected chi connectivity index (χ4v) is 2.99. The standard InChI is InChI=1S/C23H23N3O/c1-4-27-19-11-9-18(10-12-19)22-13-20(21(14-24)23(25)26-22)17-7-5-16(6-8-17)15(2)3/h5-13,15H,4H2,1-3H3,(H2,25,26). The second-order valence-corrected chi connectivity index (χ2v) is 6.66. The summed E-state index contributed by atoms with van der Waals surface area (Å²) in [5.74, 6) is 1.51. The summed E-state index contributed by atoms with van der Waals surface area (Å²) < 4.78 is 5.49. The molecule has 0 atom stereocenters. The van der Waals surface area contributed by atoms with Gasteiger partial charge < -0.3 is 10.5 Å². The molecule has 4 heteroatoms. The SMILES string of the molecule is CCOc1ccc(-c2cc(-c3ccc(C(C)C)cc3)c(C#N)c(N)n2)cc1. The third-order valence-electron chi connectivity index (χ3n) is 4.51. The van der Waals surface area contributed by atoms with Crippen molar-refractivity contribution >= 4 is 5.82 Å². The summed E-state index contributed by atoms with van der Waals surface area (Å²) in [7, 11) is 0. The van der Waals surface area contributed by atoms with E-state index in [2.05, 4.69) is 37.0 Å². The van der Waals surface area contributed by atoms with Gasteiger partial charge in [-0.15, -0.1) is 0 Å². The zero-order valence-electron chi connectivity index (χ0n) is 15.9. The van der Waals surface area contributed by atoms with E-state index in [1.807, 2.05) is 49.4 Å². The molecule has 0 spiro atoms. The Bertz CT molecular complexity index is 968. The zero-order chi connectivity index (χ0) is 19.4. The molecule has 0 saturated carbocycles. The monoisotopic (exact) mass is 357 g/mol. The number of aromatic nitrogens is 1. The molecule has 3 rings (SSSR count). The maximum absolute atomic E-state index is 9.57. The van der Waals surface area contributed by atoms with Gasteiger partial charge in [-0.1, -0.05) is 38.1 Å². The molecular formula is C23H23N3O. The van der Waals surface area contributed by atoms with Crippen LogP contribution in [0.3, 0.4) is 0 Å². The Morgan fingerprint density at radius 3 is 2.22 bits per heavy atom. The zero-order valence-corrected chi connectivity index (χ0v) is 15.9. The van der Waals surface area contributed by atoms with E-state index in [0.29, 0.717) is 18.1 Å². The third-order valence-corrected chi connectivity index (χ3v) is 4.51. The predicted molar refractivity (Wildman–Crippen MR) is 109 cm³/mol. The van der Waals surface area contributed by atoms with Crippen LogP contribution in [0.5, 0.6) is 5.75 Å². The summed E-state index contributed by atoms with van der Waals surface area (Å²) in [6.45, 7) is 6.89. The van der Waals surface area contributed by atoms with Gasteiger partial charge in [0.2, 0.25) is 0 Å². The van der Waals surface area contributed by atoms with E-state index in [1.54, 1.807) is 0 Å². The van der Waals surface area contributed by atoms with E-state index in [9.17, 15) is 5.26 Å². The molecule has 0 radical (unpaired) electrons. The van der Waals surface area contributed by atoms with Crippen molar-refractivity contribution in [2.75, 3.05) is 12.3 Å². The van der Waals surface area contributed by atoms with Crippen LogP contribution >= 0.6 is 0 Å². The Morgan fingerprint density at radius 2 is 1.67 bits per heavy atom. The molecule has 2 aromatic carbocycles. The number of nitrogen functional groups attached to an aromatic ring is 1. The number of ether oxygens (including phenoxy) is 1. The first kappa shape index (κ1) is 18.5. The van der Waals surface area contributed by atoms with Crippen LogP contribution in [0.2, 0.25) is 0 Å². The highest BCUT2D eigenvalue weighted by atomic mass is 16.5. The van der Waals surface area contributed by atoms with E-state index in [-0.39, 0.29) is 5.82 Å². The summed E-state index contributed by atoms with van der Waals surface area (Å²) in [5, 5.41) is 9.57. The van der Waals surface area contributed by atoms with Gasteiger partial charge in [0.05, 0.1) is 12.3 Å². The third kappa shape index (κ3) is 3.93. The molecule has 27 heavy (non-hydrogen) atoms. The fraction of sp³-hybridized carbons (Fsp3) is 0.217. The summed E-state index contributed by atoms with van der Waals surface area (Å²) >= 11 is 0. The van der Waals surface area contributed by atoms with Gasteiger partial charge >= 0.3 is 0 Å². The highest BCUT2D eigenvalue weighted by molar-refractivity contribution is 5.80. The van der Waals surface area contributed by atoms with E-state index >= 15 is 0 Å². The largest absolute Gasteiger partial charge is 0.494 e. The molecule has 136 valence electrons. The Hall–Kier alpha value is -3.32. The van der Waals surface area contributed by atoms with Crippen LogP contribution in [0, 0.1) is 11.3 Å². The first-order valence-corrected chi connectivity index (χ1v) is 9.07. The lowest BCUT2D eigenvalue weighted by molar-refractivity contribution is 0.340. The van der Waals surface area contributed by atoms with Crippen LogP contribution in [0.15, 0.2) is 54.6 Å². The first-order chi connectivity index (χ1) is 13.0. The average molecular weight is 357 g/mol. The number of nitriles is 1. The van der Waals surface area contributed by atoms with Crippen molar-refractivity contribution in [3.63, 3.8) is 0 Å². The van der Waals surface area contributed by atoms with Gasteiger partial charge in [-0.3, -0.25) is 0 Å². The van der Waals surface area contributed by atoms with E-state index in [4.69, 9.17) is 10.5 Å². The van der Waals surface area contributed by atoms with Crippen LogP contribution in [0.1, 0.15) is 37.8 Å². The van der Waals surface area contributed by atoms with E-state index < -0.39 is 0 Å². The number of nitrogens with zero attached hydrogens (tertiary/aromatic N) is 2. The van der Waals surface area contributed by atoms with Crippen molar-refractivity contribution in [2.24, 2.45) is 0 Å². The maximum Gasteiger partial charge on any atom is 0.142 e. The number of anilines is 1. The molecule has 0 bridgehead atoms. The van der Waals surface area contributed by atoms with Gasteiger partial charge in [-0.05, 0) is 54.3 Å². The first-order valence-electron chi connectivity index (χ1n) is 9.07. The van der Waals surface area contributed by atoms with Crippen LogP contribution in [0.25, 0.3) is 22.4 Å². The van der Waals surface area contributed by atoms with Gasteiger partial charge in [0.15, 0.2) is 0 Å². The van der Waals surface area contributed by atoms with Gasteiger partial charge in [0.25, 0.3) is 0 Å². The molecular weight excluding hydrogens is 334 g/mol. The number of hydrogen-bond donors (Lipinski definition) is 1. The topological polar surface area (TPSA) is 71.9 Å². The Labute approximate surface area is 160 Å². The van der Waals surface area contributed by atoms with Crippen molar-refractivity contribution in [1.82, 2.24) is 4.98 Å². The molecule has 0 amide bonds. The second-order valence-electron chi connectivity index (χ2n) is 6.66. The van der Waals surface area contributed by atoms with Crippen LogP contribution in [0.4, 0.5) is 5.82 Å². The molecule has 0 aliphatic carbocycles. The van der Waals surface area contributed by atoms with Gasteiger partial charge in [-0.25, -0.2) is 4.98 Å². The van der Waals surface area contributed by atoms with Crippen molar-refractivity contribution in [1.29, 1.82) is 5.26 Å². The van der Waals surface area contributed by atoms with Crippen LogP contribution in [-0.2, 0) is 0 Å². The molecule has 0 aliphatic heterocycles. The fourth-order valence-electron chi connectivity index (χ4n) is 2.99. The number of benzene rings is 2. The summed E-state index contributed by atoms with van der Waals surface area (Å²) in [4.78, 5) is 4.44. The molecule has 2 N–H and O–H groups in total. The quantitative estimate of drug-likeness (QED) is 0.664. The lowest BCUT2D eigenvalue weighted by Crippen LogP contribution is -2.00. The predicted octanol–water partition coefficient (Wildman–Crippen LogP) is 5.39. The minimum absolute atomic E-state index is 0.242. The number of rotatable bonds is 5. The Morgan fingerprint density at radius 1 is 1.04 bits per heavy atom. The van der Waals surface area contributed by atoms with E-state index in [1.165, 1.54) is 5.56 Å². The van der Waals surface area contributed by atoms with Crippen molar-refractivity contribution in [3.05, 3.63) is 65.7 Å². The molecule has 3 aromatic rings. The lowest BCUT2D eigenvalue weighted by Gasteiger charge is -2.12. The highest BCUT2D eigenvalue weighted by Gasteiger charge is 2.14. The normalized spacial score (nSPS) is 10.6. The van der Waals surface area contributed by atoms with Crippen molar-refractivity contribution in [3.8, 4) is 34.2 Å². The number of hydrogen-bond acceptors (Lipinski definition) is 4. The average Bonchev–Trinajstić information content (AvgIpc) is 2.68. The molecule has 0 aliphatic rings. The number of nitrogens with two attached hydrogens (primary N) is 1. The van der Waals surface area contributed by atoms with E-state index in [0.717, 1.165) is 28.1 Å². The van der Waals surface area contributed by atoms with Crippen LogP contribution < -0.4 is 10.5 Å². The smallest absolute Gasteiger partial charge is 0.142 e. The minimum atomic E-state index is 0.242. The summed E-state index contributed by atoms with van der Waals surface area (Å²) in [6, 6.07) is 20.1. The van der Waals surface area contributed by atoms with Gasteiger partial charge in [0.1, 0.15) is 23.2 Å². The van der Waals surface area contributed by atoms with Crippen molar-refractivity contribution in [2.45, 2.75) is 26.7 Å². The molecule has 0 unspecified atom stereocenters. The highest BCUT2D eigenvalue weighted by Crippen LogP contribution is 2.32. The molecule has 1 aromatic heterocycles. The Kier molecular flexibility index (Phi) is 5.42. The van der Waals surface area contributed by atoms with Crippen molar-refractivity contribution < 1.29 is 4.74 Å². The molecule has 4 nitrogen and oxygen atoms in total. The number of pyridine rings is 1. The molecule has 0 fully saturated rings. The lowest BCUT2D eigenvalue weighted by atomic mass is 9.95. The summed E-state index contributed by atoms with van der Waals surface area (Å²) in [6.07, 6.45) is 0. The molecule has 1 heterocycles. The second kappa shape index (κ2) is 7.92. The Balaban J connectivity index is 2.07. The van der Waals surface area contributed by atoms with Gasteiger partial charge in [0, 0.05) is 11.1 Å². The minimum Gasteiger partial charge on any atom is -0.494 e. The maximum atomic E-state index is 9.57. The van der Waals surface area contributed by atoms with Crippen LogP contribution in [-0.4, -0.2) is 11.6 Å². The van der Waals surface area contributed by atoms with Gasteiger partial charge in [-0.2, -0.15) is 5.26 Å². The summed E-state index contributed by atoms with van der Waals surface area (Å²) in [5.41, 5.74) is 11.2. The molecule has 0 saturated heterocycles.